The van der Waals surface area contributed by atoms with Gasteiger partial charge in [-0.3, -0.25) is 9.59 Å². The van der Waals surface area contributed by atoms with Crippen LogP contribution in [0.1, 0.15) is 50.6 Å². The number of amides is 2. The molecule has 1 aromatic rings. The molecule has 1 aromatic heterocycles. The van der Waals surface area contributed by atoms with Crippen LogP contribution >= 0.6 is 0 Å². The molecule has 0 saturated carbocycles. The van der Waals surface area contributed by atoms with E-state index >= 15 is 0 Å². The number of aromatic nitrogens is 1. The molecule has 22 heavy (non-hydrogen) atoms. The van der Waals surface area contributed by atoms with Crippen LogP contribution in [0.15, 0.2) is 10.6 Å². The van der Waals surface area contributed by atoms with Gasteiger partial charge in [0.15, 0.2) is 0 Å². The molecule has 2 aliphatic heterocycles. The highest BCUT2D eigenvalue weighted by molar-refractivity contribution is 5.89. The number of hydrogen-bond donors (Lipinski definition) is 0. The lowest BCUT2D eigenvalue weighted by Crippen LogP contribution is -2.38. The molecule has 0 unspecified atom stereocenters. The number of hydrogen-bond acceptors (Lipinski definition) is 4. The van der Waals surface area contributed by atoms with Gasteiger partial charge in [-0.25, -0.2) is 0 Å². The average molecular weight is 305 g/mol. The Kier molecular flexibility index (Phi) is 3.93. The molecule has 0 radical (unpaired) electrons. The minimum absolute atomic E-state index is 0.00634. The third kappa shape index (κ3) is 2.62. The Labute approximate surface area is 130 Å². The summed E-state index contributed by atoms with van der Waals surface area (Å²) in [6.07, 6.45) is 2.21. The Bertz CT molecular complexity index is 581. The van der Waals surface area contributed by atoms with Crippen LogP contribution in [0.5, 0.6) is 0 Å². The van der Waals surface area contributed by atoms with Gasteiger partial charge >= 0.3 is 0 Å². The predicted octanol–water partition coefficient (Wildman–Crippen LogP) is 1.90. The SMILES string of the molecule is Cc1cc([C@@H]2CCCN2C(=O)[C@@H]2CC(=O)N(C(C)C)C2)no1. The normalized spacial score (nSPS) is 25.5. The van der Waals surface area contributed by atoms with Crippen LogP contribution in [0.25, 0.3) is 0 Å². The molecular weight excluding hydrogens is 282 g/mol. The van der Waals surface area contributed by atoms with E-state index in [0.29, 0.717) is 13.0 Å². The summed E-state index contributed by atoms with van der Waals surface area (Å²) in [6, 6.07) is 2.04. The van der Waals surface area contributed by atoms with Crippen LogP contribution in [0.3, 0.4) is 0 Å². The van der Waals surface area contributed by atoms with Gasteiger partial charge in [0, 0.05) is 31.6 Å². The molecule has 3 heterocycles. The van der Waals surface area contributed by atoms with Gasteiger partial charge in [-0.1, -0.05) is 5.16 Å². The van der Waals surface area contributed by atoms with E-state index in [1.165, 1.54) is 0 Å². The lowest BCUT2D eigenvalue weighted by Gasteiger charge is -2.26. The number of carbonyl (C=O) groups excluding carboxylic acids is 2. The average Bonchev–Trinajstić information content (AvgIpc) is 3.16. The molecule has 2 aliphatic rings. The summed E-state index contributed by atoms with van der Waals surface area (Å²) in [5.41, 5.74) is 0.827. The number of rotatable bonds is 3. The molecule has 2 amide bonds. The topological polar surface area (TPSA) is 66.7 Å². The largest absolute Gasteiger partial charge is 0.361 e. The Morgan fingerprint density at radius 3 is 2.82 bits per heavy atom. The lowest BCUT2D eigenvalue weighted by atomic mass is 10.1. The summed E-state index contributed by atoms with van der Waals surface area (Å²) >= 11 is 0. The van der Waals surface area contributed by atoms with Crippen molar-refractivity contribution in [1.29, 1.82) is 0 Å². The fraction of sp³-hybridized carbons (Fsp3) is 0.688. The third-order valence-electron chi connectivity index (χ3n) is 4.65. The second-order valence-corrected chi connectivity index (χ2v) is 6.59. The summed E-state index contributed by atoms with van der Waals surface area (Å²) < 4.78 is 5.15. The van der Waals surface area contributed by atoms with E-state index in [1.807, 2.05) is 31.7 Å². The van der Waals surface area contributed by atoms with Gasteiger partial charge in [0.2, 0.25) is 11.8 Å². The third-order valence-corrected chi connectivity index (χ3v) is 4.65. The zero-order chi connectivity index (χ0) is 15.9. The molecule has 0 bridgehead atoms. The smallest absolute Gasteiger partial charge is 0.228 e. The van der Waals surface area contributed by atoms with Gasteiger partial charge < -0.3 is 14.3 Å². The lowest BCUT2D eigenvalue weighted by molar-refractivity contribution is -0.136. The van der Waals surface area contributed by atoms with Crippen LogP contribution in [0.2, 0.25) is 0 Å². The second kappa shape index (κ2) is 5.74. The minimum atomic E-state index is -0.219. The van der Waals surface area contributed by atoms with Crippen LogP contribution in [-0.4, -0.2) is 45.9 Å². The maximum atomic E-state index is 12.8. The van der Waals surface area contributed by atoms with Crippen LogP contribution in [0.4, 0.5) is 0 Å². The van der Waals surface area contributed by atoms with Crippen molar-refractivity contribution in [2.75, 3.05) is 13.1 Å². The molecule has 3 rings (SSSR count). The van der Waals surface area contributed by atoms with Crippen molar-refractivity contribution in [2.24, 2.45) is 5.92 Å². The Morgan fingerprint density at radius 2 is 2.23 bits per heavy atom. The van der Waals surface area contributed by atoms with Gasteiger partial charge in [-0.05, 0) is 33.6 Å². The van der Waals surface area contributed by atoms with Crippen molar-refractivity contribution in [3.8, 4) is 0 Å². The van der Waals surface area contributed by atoms with Crippen molar-refractivity contribution in [2.45, 2.75) is 52.1 Å². The molecule has 6 heteroatoms. The van der Waals surface area contributed by atoms with E-state index in [0.717, 1.165) is 30.8 Å². The molecule has 120 valence electrons. The minimum Gasteiger partial charge on any atom is -0.361 e. The van der Waals surface area contributed by atoms with Gasteiger partial charge in [-0.2, -0.15) is 0 Å². The first-order chi connectivity index (χ1) is 10.5. The number of likely N-dealkylation sites (tertiary alicyclic amines) is 2. The first-order valence-corrected chi connectivity index (χ1v) is 8.00. The maximum Gasteiger partial charge on any atom is 0.228 e. The molecule has 6 nitrogen and oxygen atoms in total. The molecule has 0 spiro atoms. The summed E-state index contributed by atoms with van der Waals surface area (Å²) in [5, 5.41) is 4.07. The van der Waals surface area contributed by atoms with Gasteiger partial charge in [0.05, 0.1) is 12.0 Å². The Balaban J connectivity index is 1.73. The fourth-order valence-electron chi connectivity index (χ4n) is 3.51. The molecule has 2 atom stereocenters. The van der Waals surface area contributed by atoms with E-state index in [4.69, 9.17) is 4.52 Å². The van der Waals surface area contributed by atoms with Gasteiger partial charge in [0.25, 0.3) is 0 Å². The highest BCUT2D eigenvalue weighted by Crippen LogP contribution is 2.34. The second-order valence-electron chi connectivity index (χ2n) is 6.59. The number of nitrogens with zero attached hydrogens (tertiary/aromatic N) is 3. The fourth-order valence-corrected chi connectivity index (χ4v) is 3.51. The van der Waals surface area contributed by atoms with Crippen LogP contribution in [0, 0.1) is 12.8 Å². The van der Waals surface area contributed by atoms with Crippen molar-refractivity contribution >= 4 is 11.8 Å². The predicted molar refractivity (Wildman–Crippen MR) is 79.9 cm³/mol. The van der Waals surface area contributed by atoms with Crippen molar-refractivity contribution in [3.63, 3.8) is 0 Å². The van der Waals surface area contributed by atoms with E-state index < -0.39 is 0 Å². The number of aryl methyl sites for hydroxylation is 1. The molecule has 0 aromatic carbocycles. The summed E-state index contributed by atoms with van der Waals surface area (Å²) in [7, 11) is 0. The molecule has 0 aliphatic carbocycles. The van der Waals surface area contributed by atoms with E-state index in [1.54, 1.807) is 4.90 Å². The number of carbonyl (C=O) groups is 2. The van der Waals surface area contributed by atoms with E-state index in [-0.39, 0.29) is 29.8 Å². The quantitative estimate of drug-likeness (QED) is 0.855. The molecular formula is C16H23N3O3. The summed E-state index contributed by atoms with van der Waals surface area (Å²) in [5.74, 6) is 0.709. The Morgan fingerprint density at radius 1 is 1.45 bits per heavy atom. The first kappa shape index (κ1) is 15.1. The highest BCUT2D eigenvalue weighted by atomic mass is 16.5. The van der Waals surface area contributed by atoms with Crippen molar-refractivity contribution < 1.29 is 14.1 Å². The monoisotopic (exact) mass is 305 g/mol. The van der Waals surface area contributed by atoms with Gasteiger partial charge in [0.1, 0.15) is 11.5 Å². The van der Waals surface area contributed by atoms with Crippen LogP contribution < -0.4 is 0 Å². The summed E-state index contributed by atoms with van der Waals surface area (Å²) in [4.78, 5) is 28.6. The maximum absolute atomic E-state index is 12.8. The standard InChI is InChI=1S/C16H23N3O3/c1-10(2)19-9-12(8-15(19)20)16(21)18-6-4-5-14(18)13-7-11(3)22-17-13/h7,10,12,14H,4-6,8-9H2,1-3H3/t12-,14+/m1/s1. The molecule has 2 saturated heterocycles. The van der Waals surface area contributed by atoms with Gasteiger partial charge in [-0.15, -0.1) is 0 Å². The van der Waals surface area contributed by atoms with Crippen molar-refractivity contribution in [1.82, 2.24) is 15.0 Å². The first-order valence-electron chi connectivity index (χ1n) is 8.00. The highest BCUT2D eigenvalue weighted by Gasteiger charge is 2.41. The zero-order valence-electron chi connectivity index (χ0n) is 13.4. The Hall–Kier alpha value is -1.85. The summed E-state index contributed by atoms with van der Waals surface area (Å²) in [6.45, 7) is 7.11. The molecule has 2 fully saturated rings. The molecule has 0 N–H and O–H groups in total. The van der Waals surface area contributed by atoms with E-state index in [9.17, 15) is 9.59 Å². The van der Waals surface area contributed by atoms with Crippen molar-refractivity contribution in [3.05, 3.63) is 17.5 Å². The van der Waals surface area contributed by atoms with E-state index in [2.05, 4.69) is 5.16 Å². The zero-order valence-corrected chi connectivity index (χ0v) is 13.4. The van der Waals surface area contributed by atoms with Crippen LogP contribution in [-0.2, 0) is 9.59 Å².